The maximum Gasteiger partial charge on any atom is 0.378 e. The Kier molecular flexibility index (Phi) is 4.65. The summed E-state index contributed by atoms with van der Waals surface area (Å²) in [6.07, 6.45) is 0. The number of rotatable bonds is 5. The first-order valence-electron chi connectivity index (χ1n) is 8.01. The Labute approximate surface area is 145 Å². The van der Waals surface area contributed by atoms with E-state index in [1.54, 1.807) is 0 Å². The lowest BCUT2D eigenvalue weighted by molar-refractivity contribution is 0.0436. The molecule has 0 aliphatic heterocycles. The van der Waals surface area contributed by atoms with Gasteiger partial charge in [-0.05, 0) is 57.0 Å². The van der Waals surface area contributed by atoms with Gasteiger partial charge in [0.05, 0.1) is 0 Å². The van der Waals surface area contributed by atoms with E-state index >= 15 is 0 Å². The van der Waals surface area contributed by atoms with Crippen LogP contribution in [0.4, 0.5) is 0 Å². The number of hydrogen-bond donors (Lipinski definition) is 0. The summed E-state index contributed by atoms with van der Waals surface area (Å²) in [7, 11) is 0. The molecule has 7 nitrogen and oxygen atoms in total. The van der Waals surface area contributed by atoms with Crippen LogP contribution in [-0.4, -0.2) is 38.8 Å². The van der Waals surface area contributed by atoms with Crippen LogP contribution in [-0.2, 0) is 4.74 Å². The molecule has 0 N–H and O–H groups in total. The highest BCUT2D eigenvalue weighted by Crippen LogP contribution is 2.16. The number of carbonyl (C=O) groups excluding carboxylic acids is 1. The van der Waals surface area contributed by atoms with E-state index in [2.05, 4.69) is 21.1 Å². The maximum atomic E-state index is 12.1. The van der Waals surface area contributed by atoms with Crippen molar-refractivity contribution in [1.82, 2.24) is 19.6 Å². The zero-order chi connectivity index (χ0) is 18.0. The Bertz CT molecular complexity index is 913. The van der Waals surface area contributed by atoms with Gasteiger partial charge in [0, 0.05) is 11.4 Å². The number of nitrogens with zero attached hydrogens (tertiary/aromatic N) is 4. The molecule has 2 heterocycles. The van der Waals surface area contributed by atoms with E-state index in [9.17, 15) is 4.79 Å². The Morgan fingerprint density at radius 1 is 1.00 bits per heavy atom. The lowest BCUT2D eigenvalue weighted by Gasteiger charge is -2.08. The molecule has 0 saturated carbocycles. The number of esters is 1. The molecule has 130 valence electrons. The number of fused-ring (bicyclic) bond motifs is 1. The zero-order valence-electron chi connectivity index (χ0n) is 14.7. The predicted molar refractivity (Wildman–Crippen MR) is 91.9 cm³/mol. The molecule has 0 atom stereocenters. The van der Waals surface area contributed by atoms with Gasteiger partial charge >= 0.3 is 5.97 Å². The van der Waals surface area contributed by atoms with Crippen molar-refractivity contribution in [1.29, 1.82) is 0 Å². The zero-order valence-corrected chi connectivity index (χ0v) is 14.7. The summed E-state index contributed by atoms with van der Waals surface area (Å²) in [6.45, 7) is 8.14. The van der Waals surface area contributed by atoms with Gasteiger partial charge in [-0.2, -0.15) is 4.98 Å². The highest BCUT2D eigenvalue weighted by molar-refractivity contribution is 5.85. The second-order valence-electron chi connectivity index (χ2n) is 5.99. The van der Waals surface area contributed by atoms with Gasteiger partial charge in [0.15, 0.2) is 0 Å². The van der Waals surface area contributed by atoms with Crippen molar-refractivity contribution < 1.29 is 14.3 Å². The van der Waals surface area contributed by atoms with Crippen LogP contribution in [0.15, 0.2) is 24.3 Å². The van der Waals surface area contributed by atoms with Crippen LogP contribution < -0.4 is 4.74 Å². The van der Waals surface area contributed by atoms with Crippen LogP contribution in [0.25, 0.3) is 5.78 Å². The van der Waals surface area contributed by atoms with Crippen molar-refractivity contribution >= 4 is 11.7 Å². The molecule has 0 aliphatic carbocycles. The number of ether oxygens (including phenoxy) is 2. The molecular formula is C18H20N4O3. The summed E-state index contributed by atoms with van der Waals surface area (Å²) < 4.78 is 12.3. The first-order chi connectivity index (χ1) is 11.9. The summed E-state index contributed by atoms with van der Waals surface area (Å²) in [4.78, 5) is 20.5. The van der Waals surface area contributed by atoms with Crippen molar-refractivity contribution in [2.45, 2.75) is 27.7 Å². The van der Waals surface area contributed by atoms with Crippen LogP contribution in [0.5, 0.6) is 5.75 Å². The molecule has 0 fully saturated rings. The van der Waals surface area contributed by atoms with Crippen LogP contribution in [0.3, 0.4) is 0 Å². The quantitative estimate of drug-likeness (QED) is 0.525. The van der Waals surface area contributed by atoms with E-state index in [-0.39, 0.29) is 19.0 Å². The van der Waals surface area contributed by atoms with E-state index in [1.165, 1.54) is 4.52 Å². The number of benzene rings is 1. The third-order valence-electron chi connectivity index (χ3n) is 3.58. The number of aromatic nitrogens is 4. The maximum absolute atomic E-state index is 12.1. The fraction of sp³-hybridized carbons (Fsp3) is 0.333. The van der Waals surface area contributed by atoms with E-state index in [1.807, 2.05) is 45.9 Å². The lowest BCUT2D eigenvalue weighted by atomic mass is 10.1. The molecule has 25 heavy (non-hydrogen) atoms. The molecule has 2 aromatic heterocycles. The van der Waals surface area contributed by atoms with E-state index in [4.69, 9.17) is 9.47 Å². The van der Waals surface area contributed by atoms with Gasteiger partial charge < -0.3 is 9.47 Å². The molecule has 7 heteroatoms. The summed E-state index contributed by atoms with van der Waals surface area (Å²) >= 11 is 0. The average Bonchev–Trinajstić information content (AvgIpc) is 2.95. The molecule has 3 aromatic rings. The highest BCUT2D eigenvalue weighted by Gasteiger charge is 2.16. The normalized spacial score (nSPS) is 10.9. The van der Waals surface area contributed by atoms with Gasteiger partial charge in [-0.15, -0.1) is 5.10 Å². The summed E-state index contributed by atoms with van der Waals surface area (Å²) in [5.74, 6) is 0.546. The second kappa shape index (κ2) is 6.88. The molecule has 0 saturated heterocycles. The molecule has 1 aromatic carbocycles. The molecule has 0 aliphatic rings. The van der Waals surface area contributed by atoms with E-state index in [0.717, 1.165) is 28.3 Å². The van der Waals surface area contributed by atoms with Crippen LogP contribution in [0, 0.1) is 27.7 Å². The van der Waals surface area contributed by atoms with Gasteiger partial charge in [-0.1, -0.05) is 6.07 Å². The molecule has 0 spiro atoms. The van der Waals surface area contributed by atoms with Gasteiger partial charge in [0.25, 0.3) is 11.6 Å². The smallest absolute Gasteiger partial charge is 0.378 e. The Balaban J connectivity index is 1.58. The van der Waals surface area contributed by atoms with Crippen molar-refractivity contribution in [2.24, 2.45) is 0 Å². The monoisotopic (exact) mass is 340 g/mol. The van der Waals surface area contributed by atoms with Gasteiger partial charge in [0.1, 0.15) is 19.0 Å². The second-order valence-corrected chi connectivity index (χ2v) is 5.99. The summed E-state index contributed by atoms with van der Waals surface area (Å²) in [6, 6.07) is 7.82. The van der Waals surface area contributed by atoms with E-state index < -0.39 is 5.97 Å². The van der Waals surface area contributed by atoms with Crippen LogP contribution in [0.2, 0.25) is 0 Å². The van der Waals surface area contributed by atoms with E-state index in [0.29, 0.717) is 5.78 Å². The van der Waals surface area contributed by atoms with Crippen molar-refractivity contribution in [3.63, 3.8) is 0 Å². The van der Waals surface area contributed by atoms with Crippen LogP contribution >= 0.6 is 0 Å². The van der Waals surface area contributed by atoms with Gasteiger partial charge in [-0.25, -0.2) is 14.3 Å². The lowest BCUT2D eigenvalue weighted by Crippen LogP contribution is -2.13. The fourth-order valence-corrected chi connectivity index (χ4v) is 2.63. The molecule has 0 bridgehead atoms. The average molecular weight is 340 g/mol. The molecule has 0 radical (unpaired) electrons. The number of carbonyl (C=O) groups is 1. The minimum absolute atomic E-state index is 0.00685. The topological polar surface area (TPSA) is 78.6 Å². The molecule has 0 amide bonds. The minimum Gasteiger partial charge on any atom is -0.490 e. The van der Waals surface area contributed by atoms with Crippen molar-refractivity contribution in [3.8, 4) is 5.75 Å². The summed E-state index contributed by atoms with van der Waals surface area (Å²) in [5, 5.41) is 4.14. The molecule has 0 unspecified atom stereocenters. The largest absolute Gasteiger partial charge is 0.490 e. The molecular weight excluding hydrogens is 320 g/mol. The third-order valence-corrected chi connectivity index (χ3v) is 3.58. The predicted octanol–water partition coefficient (Wildman–Crippen LogP) is 2.59. The number of hydrogen-bond acceptors (Lipinski definition) is 6. The summed E-state index contributed by atoms with van der Waals surface area (Å²) in [5.41, 5.74) is 3.92. The Morgan fingerprint density at radius 2 is 1.72 bits per heavy atom. The number of aryl methyl sites for hydroxylation is 4. The SMILES string of the molecule is Cc1cc(C)cc(OCCOC(=O)c2nc3nc(C)cc(C)n3n2)c1. The standard InChI is InChI=1S/C18H20N4O3/c1-11-7-12(2)9-15(8-11)24-5-6-25-17(23)16-20-18-19-13(3)10-14(4)22(18)21-16/h7-10H,5-6H2,1-4H3. The Morgan fingerprint density at radius 3 is 2.44 bits per heavy atom. The van der Waals surface area contributed by atoms with Crippen molar-refractivity contribution in [3.05, 3.63) is 52.6 Å². The first kappa shape index (κ1) is 16.9. The fourth-order valence-electron chi connectivity index (χ4n) is 2.63. The van der Waals surface area contributed by atoms with Gasteiger partial charge in [-0.3, -0.25) is 0 Å². The highest BCUT2D eigenvalue weighted by atomic mass is 16.6. The third kappa shape index (κ3) is 3.93. The molecule has 3 rings (SSSR count). The first-order valence-corrected chi connectivity index (χ1v) is 8.01. The van der Waals surface area contributed by atoms with Crippen molar-refractivity contribution in [2.75, 3.05) is 13.2 Å². The van der Waals surface area contributed by atoms with Gasteiger partial charge in [0.2, 0.25) is 0 Å². The minimum atomic E-state index is -0.591. The van der Waals surface area contributed by atoms with Crippen LogP contribution in [0.1, 0.15) is 33.1 Å². The Hall–Kier alpha value is -2.96.